The molecule has 0 saturated heterocycles. The number of aryl methyl sites for hydroxylation is 1. The van der Waals surface area contributed by atoms with E-state index < -0.39 is 5.60 Å². The van der Waals surface area contributed by atoms with Crippen LogP contribution >= 0.6 is 0 Å². The molecule has 0 aromatic heterocycles. The number of ketones is 1. The summed E-state index contributed by atoms with van der Waals surface area (Å²) in [7, 11) is 1.72. The maximum Gasteiger partial charge on any atom is 0.187 e. The molecule has 0 spiro atoms. The van der Waals surface area contributed by atoms with E-state index >= 15 is 0 Å². The van der Waals surface area contributed by atoms with Crippen molar-refractivity contribution in [2.75, 3.05) is 7.11 Å². The Labute approximate surface area is 149 Å². The molecule has 2 fully saturated rings. The van der Waals surface area contributed by atoms with E-state index in [1.54, 1.807) is 13.2 Å². The van der Waals surface area contributed by atoms with Gasteiger partial charge in [0.25, 0.3) is 0 Å². The van der Waals surface area contributed by atoms with E-state index in [0.29, 0.717) is 18.3 Å². The first-order valence-electron chi connectivity index (χ1n) is 9.58. The molecule has 3 nitrogen and oxygen atoms in total. The zero-order valence-electron chi connectivity index (χ0n) is 15.0. The van der Waals surface area contributed by atoms with E-state index in [9.17, 15) is 9.90 Å². The number of rotatable bonds is 1. The molecular weight excluding hydrogens is 312 g/mol. The van der Waals surface area contributed by atoms with Crippen LogP contribution in [0.15, 0.2) is 30.4 Å². The van der Waals surface area contributed by atoms with Crippen LogP contribution in [0.3, 0.4) is 0 Å². The Kier molecular flexibility index (Phi) is 2.98. The molecule has 0 aliphatic heterocycles. The summed E-state index contributed by atoms with van der Waals surface area (Å²) in [6.07, 6.45) is 9.63. The van der Waals surface area contributed by atoms with Gasteiger partial charge >= 0.3 is 0 Å². The Balaban J connectivity index is 1.63. The van der Waals surface area contributed by atoms with E-state index in [4.69, 9.17) is 4.74 Å². The van der Waals surface area contributed by atoms with Gasteiger partial charge in [-0.15, -0.1) is 0 Å². The molecule has 132 valence electrons. The van der Waals surface area contributed by atoms with Gasteiger partial charge in [-0.25, -0.2) is 0 Å². The minimum absolute atomic E-state index is 0.0316. The zero-order valence-corrected chi connectivity index (χ0v) is 15.0. The number of ether oxygens (including phenoxy) is 1. The second-order valence-corrected chi connectivity index (χ2v) is 8.79. The molecule has 1 aromatic rings. The predicted octanol–water partition coefficient (Wildman–Crippen LogP) is 3.79. The van der Waals surface area contributed by atoms with Crippen molar-refractivity contribution in [1.29, 1.82) is 0 Å². The molecule has 0 amide bonds. The number of hydrogen-bond acceptors (Lipinski definition) is 3. The van der Waals surface area contributed by atoms with Gasteiger partial charge in [-0.3, -0.25) is 4.79 Å². The summed E-state index contributed by atoms with van der Waals surface area (Å²) in [5.74, 6) is 1.92. The van der Waals surface area contributed by atoms with E-state index in [2.05, 4.69) is 31.2 Å². The third-order valence-corrected chi connectivity index (χ3v) is 8.36. The van der Waals surface area contributed by atoms with Crippen molar-refractivity contribution in [3.8, 4) is 5.75 Å². The van der Waals surface area contributed by atoms with Crippen LogP contribution in [0, 0.1) is 16.7 Å². The molecule has 1 aromatic carbocycles. The van der Waals surface area contributed by atoms with E-state index in [-0.39, 0.29) is 16.6 Å². The van der Waals surface area contributed by atoms with Crippen LogP contribution in [0.5, 0.6) is 5.75 Å². The highest BCUT2D eigenvalue weighted by atomic mass is 16.5. The smallest absolute Gasteiger partial charge is 0.187 e. The predicted molar refractivity (Wildman–Crippen MR) is 95.7 cm³/mol. The standard InChI is InChI=1S/C22H26O3/c1-20-9-7-17-16-5-4-15(25-2)13-14(16)3-6-18(17)21(20)10-8-19(23)22(20,24)12-11-21/h4-5,8,10,13,17-18,24H,3,6-7,9,11-12H2,1-2H3/t17-,18-,20+,21-,22+/m1/s1. The van der Waals surface area contributed by atoms with Crippen LogP contribution in [0.1, 0.15) is 56.1 Å². The minimum Gasteiger partial charge on any atom is -0.497 e. The summed E-state index contributed by atoms with van der Waals surface area (Å²) < 4.78 is 5.41. The molecule has 2 saturated carbocycles. The van der Waals surface area contributed by atoms with E-state index in [1.165, 1.54) is 11.1 Å². The first-order chi connectivity index (χ1) is 12.0. The SMILES string of the molecule is COc1ccc2c(c1)CC[C@@H]1[C@@H]2CC[C@]2(C)[C@]3(O)CC[C@]12C=CC3=O. The van der Waals surface area contributed by atoms with Gasteiger partial charge in [0.05, 0.1) is 7.11 Å². The van der Waals surface area contributed by atoms with Gasteiger partial charge in [0.1, 0.15) is 11.4 Å². The Morgan fingerprint density at radius 3 is 2.84 bits per heavy atom. The largest absolute Gasteiger partial charge is 0.497 e. The first-order valence-corrected chi connectivity index (χ1v) is 9.58. The van der Waals surface area contributed by atoms with Crippen LogP contribution in [-0.2, 0) is 11.2 Å². The molecule has 1 N–H and O–H groups in total. The Morgan fingerprint density at radius 2 is 2.04 bits per heavy atom. The van der Waals surface area contributed by atoms with Crippen molar-refractivity contribution in [3.05, 3.63) is 41.5 Å². The molecule has 3 heteroatoms. The maximum atomic E-state index is 12.5. The monoisotopic (exact) mass is 338 g/mol. The van der Waals surface area contributed by atoms with Crippen molar-refractivity contribution < 1.29 is 14.6 Å². The number of allylic oxidation sites excluding steroid dienone is 1. The van der Waals surface area contributed by atoms with Gasteiger partial charge in [-0.05, 0) is 79.7 Å². The molecular formula is C22H26O3. The summed E-state index contributed by atoms with van der Waals surface area (Å²) in [5.41, 5.74) is 1.40. The fraction of sp³-hybridized carbons (Fsp3) is 0.591. The Morgan fingerprint density at radius 1 is 1.20 bits per heavy atom. The van der Waals surface area contributed by atoms with Crippen molar-refractivity contribution >= 4 is 5.78 Å². The highest BCUT2D eigenvalue weighted by Crippen LogP contribution is 2.73. The van der Waals surface area contributed by atoms with Crippen LogP contribution < -0.4 is 4.74 Å². The number of methoxy groups -OCH3 is 1. The number of carbonyl (C=O) groups excluding carboxylic acids is 1. The van der Waals surface area contributed by atoms with Crippen molar-refractivity contribution in [2.45, 2.75) is 57.0 Å². The first kappa shape index (κ1) is 15.6. The van der Waals surface area contributed by atoms with Crippen LogP contribution in [-0.4, -0.2) is 23.6 Å². The van der Waals surface area contributed by atoms with E-state index in [1.807, 2.05) is 0 Å². The van der Waals surface area contributed by atoms with Crippen molar-refractivity contribution in [1.82, 2.24) is 0 Å². The molecule has 25 heavy (non-hydrogen) atoms. The van der Waals surface area contributed by atoms with Gasteiger partial charge in [-0.2, -0.15) is 0 Å². The molecule has 5 atom stereocenters. The molecule has 0 unspecified atom stereocenters. The lowest BCUT2D eigenvalue weighted by atomic mass is 9.44. The summed E-state index contributed by atoms with van der Waals surface area (Å²) >= 11 is 0. The van der Waals surface area contributed by atoms with E-state index in [0.717, 1.165) is 37.9 Å². The van der Waals surface area contributed by atoms with Crippen LogP contribution in [0.25, 0.3) is 0 Å². The van der Waals surface area contributed by atoms with Gasteiger partial charge in [-0.1, -0.05) is 19.1 Å². The van der Waals surface area contributed by atoms with Crippen LogP contribution in [0.2, 0.25) is 0 Å². The Hall–Kier alpha value is -1.61. The Bertz CT molecular complexity index is 796. The third kappa shape index (κ3) is 1.64. The van der Waals surface area contributed by atoms with Gasteiger partial charge in [0.15, 0.2) is 5.78 Å². The molecule has 5 rings (SSSR count). The fourth-order valence-electron chi connectivity index (χ4n) is 6.94. The van der Waals surface area contributed by atoms with Gasteiger partial charge < -0.3 is 9.84 Å². The third-order valence-electron chi connectivity index (χ3n) is 8.36. The summed E-state index contributed by atoms with van der Waals surface area (Å²) in [6.45, 7) is 2.18. The topological polar surface area (TPSA) is 46.5 Å². The van der Waals surface area contributed by atoms with Gasteiger partial charge in [0, 0.05) is 10.8 Å². The molecule has 0 radical (unpaired) electrons. The summed E-state index contributed by atoms with van der Waals surface area (Å²) in [4.78, 5) is 12.5. The normalized spacial score (nSPS) is 44.0. The maximum absolute atomic E-state index is 12.5. The highest BCUT2D eigenvalue weighted by molar-refractivity contribution is 5.99. The number of hydrogen-bond donors (Lipinski definition) is 1. The average Bonchev–Trinajstić information content (AvgIpc) is 2.78. The van der Waals surface area contributed by atoms with Crippen molar-refractivity contribution in [3.63, 3.8) is 0 Å². The lowest BCUT2D eigenvalue weighted by Crippen LogP contribution is -2.61. The number of carbonyl (C=O) groups is 1. The van der Waals surface area contributed by atoms with Crippen LogP contribution in [0.4, 0.5) is 0 Å². The fourth-order valence-corrected chi connectivity index (χ4v) is 6.94. The zero-order chi connectivity index (χ0) is 17.4. The highest BCUT2D eigenvalue weighted by Gasteiger charge is 2.72. The minimum atomic E-state index is -1.15. The second-order valence-electron chi connectivity index (χ2n) is 8.79. The van der Waals surface area contributed by atoms with Crippen molar-refractivity contribution in [2.24, 2.45) is 16.7 Å². The molecule has 2 bridgehead atoms. The molecule has 4 aliphatic carbocycles. The summed E-state index contributed by atoms with van der Waals surface area (Å²) in [5, 5.41) is 11.3. The lowest BCUT2D eigenvalue weighted by molar-refractivity contribution is -0.163. The second kappa shape index (κ2) is 4.76. The number of aliphatic hydroxyl groups is 1. The molecule has 0 heterocycles. The quantitative estimate of drug-likeness (QED) is 0.847. The number of fused-ring (bicyclic) bond motifs is 3. The molecule has 4 aliphatic rings. The van der Waals surface area contributed by atoms with Gasteiger partial charge in [0.2, 0.25) is 0 Å². The average molecular weight is 338 g/mol. The number of benzene rings is 1. The lowest BCUT2D eigenvalue weighted by Gasteiger charge is -2.60. The summed E-state index contributed by atoms with van der Waals surface area (Å²) in [6, 6.07) is 6.53.